The van der Waals surface area contributed by atoms with Crippen LogP contribution in [0, 0.1) is 0 Å². The number of hydrogen-bond acceptors (Lipinski definition) is 5. The van der Waals surface area contributed by atoms with E-state index in [1.165, 1.54) is 0 Å². The van der Waals surface area contributed by atoms with Gasteiger partial charge in [0.05, 0.1) is 6.04 Å². The Morgan fingerprint density at radius 1 is 1.20 bits per heavy atom. The van der Waals surface area contributed by atoms with Crippen LogP contribution < -0.4 is 20.1 Å². The fourth-order valence-corrected chi connectivity index (χ4v) is 3.76. The smallest absolute Gasteiger partial charge is 0.243 e. The number of carbonyl (C=O) groups excluding carboxylic acids is 2. The number of amides is 2. The molecule has 1 unspecified atom stereocenters. The van der Waals surface area contributed by atoms with Crippen LogP contribution in [0.15, 0.2) is 18.2 Å². The van der Waals surface area contributed by atoms with E-state index in [0.717, 1.165) is 43.5 Å². The molecule has 0 radical (unpaired) electrons. The number of carbonyl (C=O) groups is 2. The predicted octanol–water partition coefficient (Wildman–Crippen LogP) is 0.774. The molecule has 134 valence electrons. The number of nitrogens with one attached hydrogen (secondary N) is 2. The second kappa shape index (κ2) is 6.92. The van der Waals surface area contributed by atoms with Crippen molar-refractivity contribution < 1.29 is 19.1 Å². The zero-order valence-electron chi connectivity index (χ0n) is 14.1. The van der Waals surface area contributed by atoms with Gasteiger partial charge in [0.15, 0.2) is 11.5 Å². The van der Waals surface area contributed by atoms with Gasteiger partial charge in [-0.1, -0.05) is 6.07 Å². The first-order chi connectivity index (χ1) is 12.2. The van der Waals surface area contributed by atoms with Crippen molar-refractivity contribution in [3.05, 3.63) is 23.8 Å². The third-order valence-corrected chi connectivity index (χ3v) is 5.10. The third-order valence-electron chi connectivity index (χ3n) is 5.10. The molecular weight excluding hydrogens is 322 g/mol. The highest BCUT2D eigenvalue weighted by Crippen LogP contribution is 2.32. The second-order valence-corrected chi connectivity index (χ2v) is 6.74. The van der Waals surface area contributed by atoms with E-state index < -0.39 is 0 Å². The number of hydrogen-bond donors (Lipinski definition) is 2. The average Bonchev–Trinajstić information content (AvgIpc) is 3.39. The van der Waals surface area contributed by atoms with Gasteiger partial charge in [0.2, 0.25) is 18.6 Å². The second-order valence-electron chi connectivity index (χ2n) is 6.74. The molecule has 2 N–H and O–H groups in total. The van der Waals surface area contributed by atoms with Gasteiger partial charge >= 0.3 is 0 Å². The Morgan fingerprint density at radius 3 is 2.92 bits per heavy atom. The van der Waals surface area contributed by atoms with Crippen LogP contribution in [0.4, 0.5) is 0 Å². The fourth-order valence-electron chi connectivity index (χ4n) is 3.76. The summed E-state index contributed by atoms with van der Waals surface area (Å²) in [6.07, 6.45) is 3.48. The maximum Gasteiger partial charge on any atom is 0.243 e. The molecule has 7 nitrogen and oxygen atoms in total. The summed E-state index contributed by atoms with van der Waals surface area (Å²) in [7, 11) is 0. The van der Waals surface area contributed by atoms with E-state index in [1.807, 2.05) is 18.2 Å². The Labute approximate surface area is 146 Å². The van der Waals surface area contributed by atoms with Gasteiger partial charge in [0, 0.05) is 13.1 Å². The van der Waals surface area contributed by atoms with Crippen LogP contribution >= 0.6 is 0 Å². The topological polar surface area (TPSA) is 79.9 Å². The summed E-state index contributed by atoms with van der Waals surface area (Å²) in [5.41, 5.74) is 0.950. The fraction of sp³-hybridized carbons (Fsp3) is 0.556. The van der Waals surface area contributed by atoms with Crippen LogP contribution in [0.2, 0.25) is 0 Å². The molecule has 0 saturated carbocycles. The first-order valence-corrected chi connectivity index (χ1v) is 8.92. The standard InChI is InChI=1S/C18H23N3O4/c22-17(20-10-12-5-6-15-16(9-12)25-11-24-15)14-4-2-8-21(14)18(23)13-3-1-7-19-13/h5-6,9,13-14,19H,1-4,7-8,10-11H2,(H,20,22)/t13-,14?/m0/s1. The quantitative estimate of drug-likeness (QED) is 0.843. The van der Waals surface area contributed by atoms with Crippen molar-refractivity contribution >= 4 is 11.8 Å². The summed E-state index contributed by atoms with van der Waals surface area (Å²) in [5.74, 6) is 1.42. The molecule has 2 amide bonds. The summed E-state index contributed by atoms with van der Waals surface area (Å²) in [5, 5.41) is 6.18. The monoisotopic (exact) mass is 345 g/mol. The highest BCUT2D eigenvalue weighted by Gasteiger charge is 2.37. The average molecular weight is 345 g/mol. The van der Waals surface area contributed by atoms with Crippen LogP contribution in [-0.4, -0.2) is 48.7 Å². The van der Waals surface area contributed by atoms with Crippen LogP contribution in [-0.2, 0) is 16.1 Å². The Balaban J connectivity index is 1.36. The molecule has 0 spiro atoms. The molecule has 7 heteroatoms. The maximum atomic E-state index is 12.6. The number of rotatable bonds is 4. The van der Waals surface area contributed by atoms with Crippen LogP contribution in [0.1, 0.15) is 31.2 Å². The van der Waals surface area contributed by atoms with Gasteiger partial charge in [-0.05, 0) is 49.9 Å². The van der Waals surface area contributed by atoms with E-state index in [4.69, 9.17) is 9.47 Å². The molecule has 25 heavy (non-hydrogen) atoms. The summed E-state index contributed by atoms with van der Waals surface area (Å²) >= 11 is 0. The highest BCUT2D eigenvalue weighted by molar-refractivity contribution is 5.90. The van der Waals surface area contributed by atoms with E-state index >= 15 is 0 Å². The molecule has 1 aromatic rings. The molecular formula is C18H23N3O4. The van der Waals surface area contributed by atoms with Gasteiger partial charge in [0.25, 0.3) is 0 Å². The Hall–Kier alpha value is -2.28. The predicted molar refractivity (Wildman–Crippen MR) is 90.2 cm³/mol. The van der Waals surface area contributed by atoms with E-state index in [-0.39, 0.29) is 30.7 Å². The van der Waals surface area contributed by atoms with Gasteiger partial charge < -0.3 is 25.0 Å². The third kappa shape index (κ3) is 3.28. The minimum absolute atomic E-state index is 0.0678. The summed E-state index contributed by atoms with van der Waals surface area (Å²) in [6.45, 7) is 2.19. The largest absolute Gasteiger partial charge is 0.454 e. The lowest BCUT2D eigenvalue weighted by Crippen LogP contribution is -2.50. The number of benzene rings is 1. The highest BCUT2D eigenvalue weighted by atomic mass is 16.7. The molecule has 2 fully saturated rings. The van der Waals surface area contributed by atoms with Crippen molar-refractivity contribution in [1.29, 1.82) is 0 Å². The van der Waals surface area contributed by atoms with Crippen molar-refractivity contribution in [1.82, 2.24) is 15.5 Å². The number of nitrogens with zero attached hydrogens (tertiary/aromatic N) is 1. The lowest BCUT2D eigenvalue weighted by molar-refractivity contribution is -0.139. The lowest BCUT2D eigenvalue weighted by atomic mass is 10.1. The van der Waals surface area contributed by atoms with Gasteiger partial charge in [-0.2, -0.15) is 0 Å². The Bertz CT molecular complexity index is 672. The summed E-state index contributed by atoms with van der Waals surface area (Å²) < 4.78 is 10.6. The first kappa shape index (κ1) is 16.2. The molecule has 3 aliphatic heterocycles. The summed E-state index contributed by atoms with van der Waals surface area (Å²) in [6, 6.07) is 5.16. The van der Waals surface area contributed by atoms with Crippen LogP contribution in [0.25, 0.3) is 0 Å². The van der Waals surface area contributed by atoms with Gasteiger partial charge in [0.1, 0.15) is 6.04 Å². The van der Waals surface area contributed by atoms with Crippen LogP contribution in [0.3, 0.4) is 0 Å². The SMILES string of the molecule is O=C(NCc1ccc2c(c1)OCO2)C1CCCN1C(=O)[C@@H]1CCCN1. The molecule has 2 saturated heterocycles. The van der Waals surface area contributed by atoms with Gasteiger partial charge in [-0.3, -0.25) is 9.59 Å². The molecule has 3 heterocycles. The van der Waals surface area contributed by atoms with E-state index in [2.05, 4.69) is 10.6 Å². The first-order valence-electron chi connectivity index (χ1n) is 8.92. The molecule has 0 aliphatic carbocycles. The van der Waals surface area contributed by atoms with Crippen molar-refractivity contribution in [3.63, 3.8) is 0 Å². The zero-order chi connectivity index (χ0) is 17.2. The molecule has 3 aliphatic rings. The van der Waals surface area contributed by atoms with E-state index in [9.17, 15) is 9.59 Å². The minimum Gasteiger partial charge on any atom is -0.454 e. The molecule has 2 atom stereocenters. The lowest BCUT2D eigenvalue weighted by Gasteiger charge is -2.26. The molecule has 4 rings (SSSR count). The van der Waals surface area contributed by atoms with E-state index in [1.54, 1.807) is 4.90 Å². The van der Waals surface area contributed by atoms with Crippen molar-refractivity contribution in [2.75, 3.05) is 19.9 Å². The van der Waals surface area contributed by atoms with Crippen molar-refractivity contribution in [2.45, 2.75) is 44.3 Å². The normalized spacial score (nSPS) is 24.6. The number of likely N-dealkylation sites (tertiary alicyclic amines) is 1. The van der Waals surface area contributed by atoms with Gasteiger partial charge in [-0.25, -0.2) is 0 Å². The summed E-state index contributed by atoms with van der Waals surface area (Å²) in [4.78, 5) is 27.0. The molecule has 1 aromatic carbocycles. The van der Waals surface area contributed by atoms with Crippen molar-refractivity contribution in [3.8, 4) is 11.5 Å². The molecule has 0 aromatic heterocycles. The van der Waals surface area contributed by atoms with Crippen LogP contribution in [0.5, 0.6) is 11.5 Å². The Morgan fingerprint density at radius 2 is 2.08 bits per heavy atom. The van der Waals surface area contributed by atoms with E-state index in [0.29, 0.717) is 18.8 Å². The minimum atomic E-state index is -0.357. The number of ether oxygens (including phenoxy) is 2. The number of fused-ring (bicyclic) bond motifs is 1. The van der Waals surface area contributed by atoms with Gasteiger partial charge in [-0.15, -0.1) is 0 Å². The molecule has 0 bridgehead atoms. The van der Waals surface area contributed by atoms with Crippen molar-refractivity contribution in [2.24, 2.45) is 0 Å². The zero-order valence-corrected chi connectivity index (χ0v) is 14.1. The Kier molecular flexibility index (Phi) is 4.48. The maximum absolute atomic E-state index is 12.6.